The van der Waals surface area contributed by atoms with Crippen LogP contribution in [0.2, 0.25) is 0 Å². The maximum absolute atomic E-state index is 11.8. The van der Waals surface area contributed by atoms with E-state index in [2.05, 4.69) is 11.2 Å². The monoisotopic (exact) mass is 302 g/mol. The molecule has 0 aliphatic carbocycles. The van der Waals surface area contributed by atoms with Gasteiger partial charge in [-0.1, -0.05) is 17.5 Å². The van der Waals surface area contributed by atoms with E-state index in [0.29, 0.717) is 0 Å². The molecule has 20 heavy (non-hydrogen) atoms. The van der Waals surface area contributed by atoms with Crippen molar-refractivity contribution in [2.45, 2.75) is 42.6 Å². The number of hydrogen-bond donors (Lipinski definition) is 4. The molecule has 2 unspecified atom stereocenters. The molecule has 1 saturated heterocycles. The molecule has 8 heteroatoms. The molecule has 7 nitrogen and oxygen atoms in total. The minimum Gasteiger partial charge on any atom is -0.391 e. The molecule has 0 aromatic carbocycles. The minimum absolute atomic E-state index is 0.677. The third kappa shape index (κ3) is 2.26. The molecule has 0 bridgehead atoms. The molecular weight excluding hydrogens is 288 g/mol. The van der Waals surface area contributed by atoms with Crippen LogP contribution in [0.1, 0.15) is 6.92 Å². The molecule has 0 aromatic rings. The van der Waals surface area contributed by atoms with E-state index in [1.165, 1.54) is 19.2 Å². The first kappa shape index (κ1) is 15.1. The third-order valence-corrected chi connectivity index (χ3v) is 3.79. The number of ether oxygens (including phenoxy) is 1. The first-order valence-corrected chi connectivity index (χ1v) is 6.32. The van der Waals surface area contributed by atoms with Gasteiger partial charge in [-0.05, 0) is 13.0 Å². The van der Waals surface area contributed by atoms with Crippen molar-refractivity contribution in [1.82, 2.24) is 10.2 Å². The lowest BCUT2D eigenvalue weighted by Crippen LogP contribution is -2.56. The molecule has 2 aliphatic rings. The summed E-state index contributed by atoms with van der Waals surface area (Å²) in [6.45, 7) is 1.42. The Morgan fingerprint density at radius 2 is 2.30 bits per heavy atom. The Hall–Kier alpha value is -1.30. The van der Waals surface area contributed by atoms with Gasteiger partial charge in [-0.15, -0.1) is 6.42 Å². The number of aliphatic hydroxyl groups excluding tert-OH is 3. The normalized spacial score (nSPS) is 42.2. The predicted molar refractivity (Wildman–Crippen MR) is 69.3 cm³/mol. The van der Waals surface area contributed by atoms with Gasteiger partial charge in [-0.2, -0.15) is 0 Å². The van der Waals surface area contributed by atoms with Crippen LogP contribution in [-0.4, -0.2) is 61.9 Å². The summed E-state index contributed by atoms with van der Waals surface area (Å²) in [6.07, 6.45) is 2.22. The molecule has 6 atom stereocenters. The van der Waals surface area contributed by atoms with E-state index in [-0.39, 0.29) is 0 Å². The lowest BCUT2D eigenvalue weighted by Gasteiger charge is -2.34. The second kappa shape index (κ2) is 5.24. The van der Waals surface area contributed by atoms with E-state index in [0.717, 1.165) is 4.90 Å². The SMILES string of the molecule is C#CC1(Cl)[C@@H](O)[C@@H]([C@@H](C)O)O[C@H]1N1C=CC(O)NC1=O. The number of nitrogens with zero attached hydrogens (tertiary/aromatic N) is 1. The van der Waals surface area contributed by atoms with Crippen LogP contribution in [-0.2, 0) is 4.74 Å². The molecule has 0 aromatic heterocycles. The fourth-order valence-electron chi connectivity index (χ4n) is 2.19. The topological polar surface area (TPSA) is 102 Å². The van der Waals surface area contributed by atoms with Crippen LogP contribution in [0.4, 0.5) is 4.79 Å². The number of aliphatic hydroxyl groups is 3. The van der Waals surface area contributed by atoms with Crippen LogP contribution in [0.25, 0.3) is 0 Å². The molecule has 2 amide bonds. The zero-order valence-corrected chi connectivity index (χ0v) is 11.4. The van der Waals surface area contributed by atoms with Crippen LogP contribution < -0.4 is 5.32 Å². The van der Waals surface area contributed by atoms with Crippen LogP contribution in [0.15, 0.2) is 12.3 Å². The van der Waals surface area contributed by atoms with Crippen LogP contribution in [0.5, 0.6) is 0 Å². The van der Waals surface area contributed by atoms with E-state index in [1.54, 1.807) is 0 Å². The molecular formula is C12H15ClN2O5. The minimum atomic E-state index is -1.70. The van der Waals surface area contributed by atoms with Gasteiger partial charge in [0.05, 0.1) is 6.10 Å². The van der Waals surface area contributed by atoms with Gasteiger partial charge in [0.15, 0.2) is 11.1 Å². The van der Waals surface area contributed by atoms with Gasteiger partial charge >= 0.3 is 6.03 Å². The van der Waals surface area contributed by atoms with Crippen LogP contribution in [0.3, 0.4) is 0 Å². The Bertz CT molecular complexity index is 477. The van der Waals surface area contributed by atoms with Gasteiger partial charge in [-0.25, -0.2) is 4.79 Å². The predicted octanol–water partition coefficient (Wildman–Crippen LogP) is -1.08. The van der Waals surface area contributed by atoms with Gasteiger partial charge in [0.25, 0.3) is 0 Å². The summed E-state index contributed by atoms with van der Waals surface area (Å²) in [5.74, 6) is 2.22. The lowest BCUT2D eigenvalue weighted by atomic mass is 9.96. The summed E-state index contributed by atoms with van der Waals surface area (Å²) in [5, 5.41) is 31.2. The van der Waals surface area contributed by atoms with E-state index in [1.807, 2.05) is 0 Å². The average molecular weight is 303 g/mol. The van der Waals surface area contributed by atoms with Crippen molar-refractivity contribution < 1.29 is 24.9 Å². The van der Waals surface area contributed by atoms with Crippen molar-refractivity contribution >= 4 is 17.6 Å². The first-order chi connectivity index (χ1) is 9.31. The number of terminal acetylenes is 1. The van der Waals surface area contributed by atoms with Gasteiger partial charge in [0, 0.05) is 6.20 Å². The van der Waals surface area contributed by atoms with Gasteiger partial charge < -0.3 is 25.4 Å². The standard InChI is InChI=1S/C12H15ClN2O5/c1-3-12(13)9(18)8(6(2)16)20-10(12)15-5-4-7(17)14-11(15)19/h1,4-10,16-18H,2H3,(H,14,19)/t6-,7?,8-,9+,10-,12?/m1/s1. The van der Waals surface area contributed by atoms with Gasteiger partial charge in [0.2, 0.25) is 0 Å². The second-order valence-corrected chi connectivity index (χ2v) is 5.32. The van der Waals surface area contributed by atoms with Crippen molar-refractivity contribution in [2.24, 2.45) is 0 Å². The molecule has 2 aliphatic heterocycles. The van der Waals surface area contributed by atoms with Crippen LogP contribution >= 0.6 is 11.6 Å². The molecule has 0 radical (unpaired) electrons. The van der Waals surface area contributed by atoms with Crippen LogP contribution in [0, 0.1) is 12.3 Å². The zero-order valence-electron chi connectivity index (χ0n) is 10.6. The molecule has 1 fully saturated rings. The van der Waals surface area contributed by atoms with Crippen molar-refractivity contribution in [3.05, 3.63) is 12.3 Å². The third-order valence-electron chi connectivity index (χ3n) is 3.27. The summed E-state index contributed by atoms with van der Waals surface area (Å²) in [7, 11) is 0. The quantitative estimate of drug-likeness (QED) is 0.384. The number of rotatable bonds is 2. The average Bonchev–Trinajstić information content (AvgIpc) is 2.64. The smallest absolute Gasteiger partial charge is 0.325 e. The maximum Gasteiger partial charge on any atom is 0.325 e. The molecule has 2 rings (SSSR count). The fraction of sp³-hybridized carbons (Fsp3) is 0.583. The summed E-state index contributed by atoms with van der Waals surface area (Å²) < 4.78 is 5.44. The fourth-order valence-corrected chi connectivity index (χ4v) is 2.47. The number of hydrogen-bond acceptors (Lipinski definition) is 5. The highest BCUT2D eigenvalue weighted by atomic mass is 35.5. The van der Waals surface area contributed by atoms with Crippen molar-refractivity contribution in [3.63, 3.8) is 0 Å². The highest BCUT2D eigenvalue weighted by Crippen LogP contribution is 2.40. The van der Waals surface area contributed by atoms with E-state index >= 15 is 0 Å². The number of carbonyl (C=O) groups excluding carboxylic acids is 1. The zero-order chi connectivity index (χ0) is 15.1. The summed E-state index contributed by atoms with van der Waals surface area (Å²) in [6, 6.07) is -0.677. The van der Waals surface area contributed by atoms with Gasteiger partial charge in [-0.3, -0.25) is 4.90 Å². The Balaban J connectivity index is 2.33. The van der Waals surface area contributed by atoms with Crippen molar-refractivity contribution in [3.8, 4) is 12.3 Å². The highest BCUT2D eigenvalue weighted by molar-refractivity contribution is 6.27. The molecule has 4 N–H and O–H groups in total. The van der Waals surface area contributed by atoms with E-state index < -0.39 is 41.7 Å². The number of halogens is 1. The highest BCUT2D eigenvalue weighted by Gasteiger charge is 2.58. The summed E-state index contributed by atoms with van der Waals surface area (Å²) in [4.78, 5) is 11.2. The summed E-state index contributed by atoms with van der Waals surface area (Å²) in [5.41, 5.74) is 0. The van der Waals surface area contributed by atoms with Crippen molar-refractivity contribution in [1.29, 1.82) is 0 Å². The molecule has 110 valence electrons. The van der Waals surface area contributed by atoms with Gasteiger partial charge in [0.1, 0.15) is 18.4 Å². The largest absolute Gasteiger partial charge is 0.391 e. The Kier molecular flexibility index (Phi) is 3.95. The van der Waals surface area contributed by atoms with Crippen molar-refractivity contribution in [2.75, 3.05) is 0 Å². The molecule has 2 heterocycles. The number of urea groups is 1. The Morgan fingerprint density at radius 3 is 2.80 bits per heavy atom. The Labute approximate surface area is 120 Å². The first-order valence-electron chi connectivity index (χ1n) is 5.94. The van der Waals surface area contributed by atoms with E-state index in [9.17, 15) is 20.1 Å². The molecule has 0 saturated carbocycles. The number of nitrogens with one attached hydrogen (secondary N) is 1. The number of carbonyl (C=O) groups is 1. The van der Waals surface area contributed by atoms with E-state index in [4.69, 9.17) is 22.8 Å². The molecule has 0 spiro atoms. The summed E-state index contributed by atoms with van der Waals surface area (Å²) >= 11 is 6.21. The number of amides is 2. The number of alkyl halides is 1. The maximum atomic E-state index is 11.8. The lowest BCUT2D eigenvalue weighted by molar-refractivity contribution is -0.0836. The second-order valence-electron chi connectivity index (χ2n) is 4.69. The Morgan fingerprint density at radius 1 is 1.65 bits per heavy atom.